The Morgan fingerprint density at radius 2 is 1.41 bits per heavy atom. The summed E-state index contributed by atoms with van der Waals surface area (Å²) in [5.41, 5.74) is 0.278. The van der Waals surface area contributed by atoms with Crippen LogP contribution < -0.4 is 21.0 Å². The molecule has 3 aromatic rings. The Kier molecular flexibility index (Phi) is 7.48. The molecule has 1 aromatic heterocycles. The minimum Gasteiger partial charge on any atom is -0.394 e. The summed E-state index contributed by atoms with van der Waals surface area (Å²) in [6.07, 6.45) is -1.89. The lowest BCUT2D eigenvalue weighted by atomic mass is 10.1. The molecule has 0 amide bonds. The number of nitrogens with one attached hydrogen (secondary N) is 1. The van der Waals surface area contributed by atoms with E-state index >= 15 is 0 Å². The smallest absolute Gasteiger partial charge is 0.330 e. The van der Waals surface area contributed by atoms with Gasteiger partial charge in [0.05, 0.1) is 18.3 Å². The first-order chi connectivity index (χ1) is 17.6. The average Bonchev–Trinajstić information content (AvgIpc) is 3.41. The molecule has 0 aliphatic carbocycles. The Balaban J connectivity index is 1.65. The van der Waals surface area contributed by atoms with E-state index in [4.69, 9.17) is 51.1 Å². The van der Waals surface area contributed by atoms with Crippen LogP contribution >= 0.6 is 46.4 Å². The maximum Gasteiger partial charge on any atom is 0.330 e. The highest BCUT2D eigenvalue weighted by atomic mass is 35.5. The van der Waals surface area contributed by atoms with Crippen LogP contribution in [0, 0.1) is 0 Å². The van der Waals surface area contributed by atoms with Gasteiger partial charge in [0.15, 0.2) is 0 Å². The molecule has 9 nitrogen and oxygen atoms in total. The van der Waals surface area contributed by atoms with Crippen LogP contribution in [0.4, 0.5) is 11.4 Å². The van der Waals surface area contributed by atoms with Gasteiger partial charge in [0.2, 0.25) is 0 Å². The van der Waals surface area contributed by atoms with Crippen molar-refractivity contribution in [3.05, 3.63) is 89.1 Å². The molecular formula is C24H22Cl4N4O5. The summed E-state index contributed by atoms with van der Waals surface area (Å²) in [5.74, 6) is 0. The predicted molar refractivity (Wildman–Crippen MR) is 143 cm³/mol. The van der Waals surface area contributed by atoms with E-state index in [0.29, 0.717) is 44.6 Å². The second-order valence-electron chi connectivity index (χ2n) is 8.88. The Morgan fingerprint density at radius 1 is 0.892 bits per heavy atom. The monoisotopic (exact) mass is 586 g/mol. The number of hydrogen-bond acceptors (Lipinski definition) is 7. The van der Waals surface area contributed by atoms with Gasteiger partial charge in [-0.1, -0.05) is 46.4 Å². The quantitative estimate of drug-likeness (QED) is 0.416. The molecular weight excluding hydrogens is 566 g/mol. The van der Waals surface area contributed by atoms with Gasteiger partial charge in [0.1, 0.15) is 18.5 Å². The van der Waals surface area contributed by atoms with Crippen molar-refractivity contribution in [2.45, 2.75) is 31.0 Å². The van der Waals surface area contributed by atoms with Gasteiger partial charge in [-0.15, -0.1) is 0 Å². The van der Waals surface area contributed by atoms with Crippen LogP contribution in [-0.2, 0) is 4.74 Å². The maximum atomic E-state index is 13.2. The molecule has 2 aliphatic heterocycles. The topological polar surface area (TPSA) is 111 Å². The number of halogens is 4. The van der Waals surface area contributed by atoms with Crippen molar-refractivity contribution in [1.82, 2.24) is 9.55 Å². The Hall–Kier alpha value is -2.24. The summed E-state index contributed by atoms with van der Waals surface area (Å²) < 4.78 is 6.90. The van der Waals surface area contributed by atoms with E-state index in [1.165, 1.54) is 10.8 Å². The van der Waals surface area contributed by atoms with E-state index in [1.807, 2.05) is 9.80 Å². The molecule has 5 rings (SSSR count). The van der Waals surface area contributed by atoms with Gasteiger partial charge >= 0.3 is 5.69 Å². The lowest BCUT2D eigenvalue weighted by molar-refractivity contribution is -0.0460. The third-order valence-electron chi connectivity index (χ3n) is 6.50. The molecule has 2 fully saturated rings. The molecule has 37 heavy (non-hydrogen) atoms. The van der Waals surface area contributed by atoms with Crippen LogP contribution in [0.2, 0.25) is 20.1 Å². The third-order valence-corrected chi connectivity index (χ3v) is 7.37. The second-order valence-corrected chi connectivity index (χ2v) is 10.6. The van der Waals surface area contributed by atoms with Crippen molar-refractivity contribution in [1.29, 1.82) is 0 Å². The summed E-state index contributed by atoms with van der Waals surface area (Å²) in [4.78, 5) is 32.3. The average molecular weight is 588 g/mol. The number of aromatic nitrogens is 2. The molecule has 0 unspecified atom stereocenters. The number of aromatic amines is 1. The van der Waals surface area contributed by atoms with Crippen LogP contribution in [0.3, 0.4) is 0 Å². The minimum atomic E-state index is -0.959. The molecule has 2 aliphatic rings. The van der Waals surface area contributed by atoms with Crippen LogP contribution in [0.5, 0.6) is 0 Å². The Morgan fingerprint density at radius 3 is 1.86 bits per heavy atom. The maximum absolute atomic E-state index is 13.2. The fourth-order valence-corrected chi connectivity index (χ4v) is 5.89. The SMILES string of the molecule is O=c1[nH]c(=O)n([C@H]2C[C@H](O)[C@@H](CO)O2)cc1C1N(c2cc(Cl)cc(Cl)c2)CCN1c1cc(Cl)cc(Cl)c1. The summed E-state index contributed by atoms with van der Waals surface area (Å²) in [5, 5.41) is 21.4. The molecule has 3 atom stereocenters. The zero-order valence-corrected chi connectivity index (χ0v) is 22.2. The highest BCUT2D eigenvalue weighted by Crippen LogP contribution is 2.40. The van der Waals surface area contributed by atoms with Gasteiger partial charge in [-0.2, -0.15) is 0 Å². The van der Waals surface area contributed by atoms with Crippen molar-refractivity contribution in [2.75, 3.05) is 29.5 Å². The molecule has 2 saturated heterocycles. The van der Waals surface area contributed by atoms with Crippen LogP contribution in [0.1, 0.15) is 24.4 Å². The first-order valence-corrected chi connectivity index (χ1v) is 12.9. The highest BCUT2D eigenvalue weighted by Gasteiger charge is 2.39. The fraction of sp³-hybridized carbons (Fsp3) is 0.333. The third kappa shape index (κ3) is 5.22. The molecule has 196 valence electrons. The van der Waals surface area contributed by atoms with Gasteiger partial charge in [-0.3, -0.25) is 14.3 Å². The standard InChI is InChI=1S/C24H22Cl4N4O5/c25-12-3-13(26)6-16(5-12)30-1-2-31(17-7-14(27)4-15(28)8-17)23(30)18-10-32(24(36)29-22(18)35)21-9-19(34)20(11-33)37-21/h3-8,10,19-21,23,33-34H,1-2,9,11H2,(H,29,35,36)/t19-,20+,21+/m0/s1. The lowest BCUT2D eigenvalue weighted by Crippen LogP contribution is -2.40. The molecule has 0 bridgehead atoms. The van der Waals surface area contributed by atoms with Gasteiger partial charge < -0.3 is 24.7 Å². The predicted octanol–water partition coefficient (Wildman–Crippen LogP) is 3.82. The number of rotatable bonds is 5. The van der Waals surface area contributed by atoms with Gasteiger partial charge in [0.25, 0.3) is 5.56 Å². The number of hydrogen-bond donors (Lipinski definition) is 3. The van der Waals surface area contributed by atoms with Crippen LogP contribution in [-0.4, -0.2) is 51.7 Å². The zero-order chi connectivity index (χ0) is 26.4. The highest BCUT2D eigenvalue weighted by molar-refractivity contribution is 6.35. The number of ether oxygens (including phenoxy) is 1. The largest absolute Gasteiger partial charge is 0.394 e. The van der Waals surface area contributed by atoms with Crippen molar-refractivity contribution >= 4 is 57.8 Å². The molecule has 3 N–H and O–H groups in total. The molecule has 0 spiro atoms. The lowest BCUT2D eigenvalue weighted by Gasteiger charge is -2.33. The van der Waals surface area contributed by atoms with E-state index in [-0.39, 0.29) is 12.0 Å². The van der Waals surface area contributed by atoms with Gasteiger partial charge in [0, 0.05) is 57.2 Å². The van der Waals surface area contributed by atoms with E-state index in [9.17, 15) is 19.8 Å². The molecule has 3 heterocycles. The number of anilines is 2. The van der Waals surface area contributed by atoms with E-state index in [0.717, 1.165) is 0 Å². The zero-order valence-electron chi connectivity index (χ0n) is 19.2. The first kappa shape index (κ1) is 26.4. The fourth-order valence-electron chi connectivity index (χ4n) is 4.86. The van der Waals surface area contributed by atoms with Crippen LogP contribution in [0.25, 0.3) is 0 Å². The number of nitrogens with zero attached hydrogens (tertiary/aromatic N) is 3. The molecule has 2 aromatic carbocycles. The number of aliphatic hydroxyl groups excluding tert-OH is 2. The van der Waals surface area contributed by atoms with Gasteiger partial charge in [-0.25, -0.2) is 4.79 Å². The first-order valence-electron chi connectivity index (χ1n) is 11.4. The van der Waals surface area contributed by atoms with Crippen molar-refractivity contribution in [3.63, 3.8) is 0 Å². The summed E-state index contributed by atoms with van der Waals surface area (Å²) in [7, 11) is 0. The van der Waals surface area contributed by atoms with E-state index in [2.05, 4.69) is 4.98 Å². The molecule has 0 radical (unpaired) electrons. The van der Waals surface area contributed by atoms with Crippen molar-refractivity contribution in [3.8, 4) is 0 Å². The molecule has 0 saturated carbocycles. The van der Waals surface area contributed by atoms with Crippen LogP contribution in [0.15, 0.2) is 52.2 Å². The Labute approximate surface area is 231 Å². The summed E-state index contributed by atoms with van der Waals surface area (Å²) in [6, 6.07) is 10.2. The number of aliphatic hydroxyl groups is 2. The second kappa shape index (κ2) is 10.5. The minimum absolute atomic E-state index is 0.0719. The number of H-pyrrole nitrogens is 1. The van der Waals surface area contributed by atoms with Crippen molar-refractivity contribution in [2.24, 2.45) is 0 Å². The molecule has 13 heteroatoms. The van der Waals surface area contributed by atoms with Gasteiger partial charge in [-0.05, 0) is 36.4 Å². The summed E-state index contributed by atoms with van der Waals surface area (Å²) in [6.45, 7) is 0.558. The van der Waals surface area contributed by atoms with Crippen molar-refractivity contribution < 1.29 is 14.9 Å². The number of benzene rings is 2. The van der Waals surface area contributed by atoms with E-state index < -0.39 is 42.5 Å². The van der Waals surface area contributed by atoms with E-state index in [1.54, 1.807) is 36.4 Å². The Bertz CT molecular complexity index is 1350. The normalized spacial score (nSPS) is 22.3. The summed E-state index contributed by atoms with van der Waals surface area (Å²) >= 11 is 25.2.